The monoisotopic (exact) mass is 482 g/mol. The van der Waals surface area contributed by atoms with Crippen molar-refractivity contribution in [2.75, 3.05) is 0 Å². The van der Waals surface area contributed by atoms with Crippen LogP contribution in [0.25, 0.3) is 0 Å². The van der Waals surface area contributed by atoms with Crippen molar-refractivity contribution in [1.29, 1.82) is 0 Å². The van der Waals surface area contributed by atoms with Gasteiger partial charge in [-0.1, -0.05) is 0 Å². The third-order valence-corrected chi connectivity index (χ3v) is 20.1. The fourth-order valence-corrected chi connectivity index (χ4v) is 18.5. The van der Waals surface area contributed by atoms with Crippen molar-refractivity contribution >= 4 is 18.4 Å². The van der Waals surface area contributed by atoms with Crippen LogP contribution in [0.4, 0.5) is 0 Å². The van der Waals surface area contributed by atoms with Crippen LogP contribution in [0.15, 0.2) is 34.0 Å². The molecule has 0 aromatic carbocycles. The van der Waals surface area contributed by atoms with Crippen LogP contribution in [-0.2, 0) is 0 Å². The second kappa shape index (κ2) is 16.9. The molecule has 0 aromatic heterocycles. The Balaban J connectivity index is 5.00. The molecule has 0 aromatic rings. The normalized spacial score (nSPS) is 15.7. The summed E-state index contributed by atoms with van der Waals surface area (Å²) in [5, 5.41) is 0. The van der Waals surface area contributed by atoms with E-state index < -0.39 is 18.4 Å². The van der Waals surface area contributed by atoms with Crippen LogP contribution in [0.3, 0.4) is 0 Å². The third-order valence-electron chi connectivity index (χ3n) is 5.97. The van der Waals surface area contributed by atoms with Gasteiger partial charge in [-0.25, -0.2) is 0 Å². The Morgan fingerprint density at radius 2 is 1.30 bits per heavy atom. The molecule has 0 bridgehead atoms. The van der Waals surface area contributed by atoms with E-state index in [1.54, 1.807) is 13.3 Å². The van der Waals surface area contributed by atoms with Gasteiger partial charge in [-0.2, -0.15) is 0 Å². The zero-order valence-electron chi connectivity index (χ0n) is 19.8. The molecule has 1 heteroatoms. The molecule has 0 saturated heterocycles. The van der Waals surface area contributed by atoms with Gasteiger partial charge in [0.2, 0.25) is 0 Å². The van der Waals surface area contributed by atoms with Crippen molar-refractivity contribution in [2.24, 2.45) is 11.8 Å². The zero-order valence-corrected chi connectivity index (χ0v) is 22.7. The maximum absolute atomic E-state index is 2.85. The standard InChI is InChI=1S/C14H23.3C4H9.Sn/c1-6-12(3)9-8-10-14(5)11-13(4)7-2;3*1-3-4-2;/h2,7-10,12-13H,6,11H2,1,3-5H3;3*1,3-4H2,2H3;/b7-2?,9-8+,14-10+;;;;/t12-,13-;;;;/m0..../s1. The summed E-state index contributed by atoms with van der Waals surface area (Å²) in [6.45, 7) is 16.4. The van der Waals surface area contributed by atoms with E-state index in [9.17, 15) is 0 Å². The van der Waals surface area contributed by atoms with Crippen molar-refractivity contribution in [3.63, 3.8) is 0 Å². The summed E-state index contributed by atoms with van der Waals surface area (Å²) in [5.74, 6) is 1.37. The second-order valence-electron chi connectivity index (χ2n) is 9.00. The second-order valence-corrected chi connectivity index (χ2v) is 22.0. The van der Waals surface area contributed by atoms with Gasteiger partial charge in [-0.3, -0.25) is 0 Å². The summed E-state index contributed by atoms with van der Waals surface area (Å²) in [6, 6.07) is 0. The van der Waals surface area contributed by atoms with E-state index in [0.29, 0.717) is 11.8 Å². The first-order valence-corrected chi connectivity index (χ1v) is 19.7. The van der Waals surface area contributed by atoms with E-state index in [0.717, 1.165) is 0 Å². The van der Waals surface area contributed by atoms with Crippen LogP contribution in [-0.4, -0.2) is 18.4 Å². The van der Waals surface area contributed by atoms with Crippen LogP contribution in [0.5, 0.6) is 0 Å². The van der Waals surface area contributed by atoms with E-state index in [1.165, 1.54) is 56.9 Å². The SMILES string of the molecule is CCC[CH2][Sn](/[CH]=C/[C@H](C)C/C(C)=C/C=C/[C@@H](C)CC)([CH2]CCC)[CH2]CCC. The average Bonchev–Trinajstić information content (AvgIpc) is 2.66. The van der Waals surface area contributed by atoms with Crippen molar-refractivity contribution in [2.45, 2.75) is 113 Å². The van der Waals surface area contributed by atoms with Gasteiger partial charge < -0.3 is 0 Å². The predicted octanol–water partition coefficient (Wildman–Crippen LogP) is 9.51. The summed E-state index contributed by atoms with van der Waals surface area (Å²) in [5.41, 5.74) is 1.52. The predicted molar refractivity (Wildman–Crippen MR) is 130 cm³/mol. The summed E-state index contributed by atoms with van der Waals surface area (Å²) < 4.78 is 7.60. The van der Waals surface area contributed by atoms with Gasteiger partial charge in [0.05, 0.1) is 0 Å². The molecule has 0 unspecified atom stereocenters. The number of rotatable bonds is 16. The van der Waals surface area contributed by atoms with E-state index in [1.807, 2.05) is 0 Å². The van der Waals surface area contributed by atoms with Crippen molar-refractivity contribution < 1.29 is 0 Å². The van der Waals surface area contributed by atoms with Gasteiger partial charge in [0.15, 0.2) is 0 Å². The fourth-order valence-electron chi connectivity index (χ4n) is 3.77. The molecule has 0 radical (unpaired) electrons. The van der Waals surface area contributed by atoms with E-state index in [2.05, 4.69) is 76.9 Å². The molecule has 0 amide bonds. The molecule has 0 nitrogen and oxygen atoms in total. The minimum absolute atomic E-state index is 0.680. The number of hydrogen-bond donors (Lipinski definition) is 0. The first-order chi connectivity index (χ1) is 12.9. The van der Waals surface area contributed by atoms with Gasteiger partial charge >= 0.3 is 177 Å². The van der Waals surface area contributed by atoms with Crippen molar-refractivity contribution in [3.8, 4) is 0 Å². The fraction of sp³-hybridized carbons (Fsp3) is 0.769. The van der Waals surface area contributed by atoms with Gasteiger partial charge in [0, 0.05) is 0 Å². The van der Waals surface area contributed by atoms with Gasteiger partial charge in [-0.15, -0.1) is 0 Å². The molecular formula is C26H50Sn. The van der Waals surface area contributed by atoms with Crippen molar-refractivity contribution in [3.05, 3.63) is 34.0 Å². The van der Waals surface area contributed by atoms with E-state index in [-0.39, 0.29) is 0 Å². The zero-order chi connectivity index (χ0) is 20.5. The Hall–Kier alpha value is 0.0187. The number of unbranched alkanes of at least 4 members (excludes halogenated alkanes) is 3. The summed E-state index contributed by atoms with van der Waals surface area (Å²) >= 11 is -2.09. The minimum atomic E-state index is -2.09. The van der Waals surface area contributed by atoms with Gasteiger partial charge in [-0.05, 0) is 0 Å². The molecule has 2 atom stereocenters. The first kappa shape index (κ1) is 27.0. The van der Waals surface area contributed by atoms with Crippen LogP contribution in [0, 0.1) is 11.8 Å². The van der Waals surface area contributed by atoms with Crippen molar-refractivity contribution in [1.82, 2.24) is 0 Å². The third kappa shape index (κ3) is 13.8. The molecule has 0 heterocycles. The Kier molecular flexibility index (Phi) is 16.9. The molecule has 0 rings (SSSR count). The molecule has 0 spiro atoms. The Morgan fingerprint density at radius 1 is 0.778 bits per heavy atom. The molecule has 158 valence electrons. The van der Waals surface area contributed by atoms with Crippen LogP contribution >= 0.6 is 0 Å². The average molecular weight is 481 g/mol. The van der Waals surface area contributed by atoms with Crippen LogP contribution in [0.2, 0.25) is 13.3 Å². The Morgan fingerprint density at radius 3 is 1.74 bits per heavy atom. The quantitative estimate of drug-likeness (QED) is 0.152. The molecular weight excluding hydrogens is 431 g/mol. The van der Waals surface area contributed by atoms with E-state index in [4.69, 9.17) is 0 Å². The van der Waals surface area contributed by atoms with Gasteiger partial charge in [0.25, 0.3) is 0 Å². The topological polar surface area (TPSA) is 0 Å². The number of allylic oxidation sites excluding steroid dienone is 5. The first-order valence-electron chi connectivity index (χ1n) is 12.0. The molecule has 0 fully saturated rings. The van der Waals surface area contributed by atoms with Crippen LogP contribution in [0.1, 0.15) is 99.8 Å². The molecule has 0 saturated carbocycles. The summed E-state index contributed by atoms with van der Waals surface area (Å²) in [4.78, 5) is 0. The molecule has 0 aliphatic carbocycles. The van der Waals surface area contributed by atoms with Gasteiger partial charge in [0.1, 0.15) is 0 Å². The maximum atomic E-state index is 2.85. The van der Waals surface area contributed by atoms with Crippen LogP contribution < -0.4 is 0 Å². The summed E-state index contributed by atoms with van der Waals surface area (Å²) in [7, 11) is 0. The Bertz CT molecular complexity index is 408. The molecule has 0 aliphatic rings. The molecule has 0 N–H and O–H groups in total. The Labute approximate surface area is 176 Å². The number of hydrogen-bond acceptors (Lipinski definition) is 0. The molecule has 0 aliphatic heterocycles. The van der Waals surface area contributed by atoms with E-state index >= 15 is 0 Å². The molecule has 27 heavy (non-hydrogen) atoms. The summed E-state index contributed by atoms with van der Waals surface area (Å²) in [6.07, 6.45) is 20.5.